The van der Waals surface area contributed by atoms with Crippen molar-refractivity contribution in [2.45, 2.75) is 25.8 Å². The largest absolute Gasteiger partial charge is 0.486 e. The van der Waals surface area contributed by atoms with Crippen molar-refractivity contribution in [2.24, 2.45) is 0 Å². The molecule has 2 aromatic rings. The van der Waals surface area contributed by atoms with Gasteiger partial charge in [0.1, 0.15) is 19.3 Å². The zero-order chi connectivity index (χ0) is 18.8. The maximum Gasteiger partial charge on any atom is 0.279 e. The SMILES string of the molecule is Cc1c(Cl)cccc1NC(=O)C[NH+]1CCC[C@@H]1c1ccc2c(c1)OCCO2. The first-order valence-electron chi connectivity index (χ1n) is 9.41. The van der Waals surface area contributed by atoms with Gasteiger partial charge in [0.2, 0.25) is 0 Å². The van der Waals surface area contributed by atoms with E-state index in [9.17, 15) is 4.79 Å². The second-order valence-corrected chi connectivity index (χ2v) is 7.55. The van der Waals surface area contributed by atoms with Crippen molar-refractivity contribution in [1.29, 1.82) is 0 Å². The van der Waals surface area contributed by atoms with Gasteiger partial charge in [0.05, 0.1) is 6.54 Å². The third kappa shape index (κ3) is 3.89. The first kappa shape index (κ1) is 18.1. The van der Waals surface area contributed by atoms with Gasteiger partial charge in [-0.3, -0.25) is 4.79 Å². The first-order chi connectivity index (χ1) is 13.1. The molecule has 0 bridgehead atoms. The molecule has 2 aromatic carbocycles. The molecule has 6 heteroatoms. The van der Waals surface area contributed by atoms with Crippen LogP contribution in [-0.4, -0.2) is 32.2 Å². The van der Waals surface area contributed by atoms with E-state index in [1.807, 2.05) is 31.2 Å². The van der Waals surface area contributed by atoms with E-state index in [-0.39, 0.29) is 5.91 Å². The second-order valence-electron chi connectivity index (χ2n) is 7.14. The minimum absolute atomic E-state index is 0.0137. The van der Waals surface area contributed by atoms with Crippen molar-refractivity contribution in [3.63, 3.8) is 0 Å². The molecule has 0 aromatic heterocycles. The van der Waals surface area contributed by atoms with Gasteiger partial charge in [0, 0.05) is 29.1 Å². The van der Waals surface area contributed by atoms with Gasteiger partial charge >= 0.3 is 0 Å². The molecule has 2 aliphatic rings. The number of carbonyl (C=O) groups excluding carboxylic acids is 1. The molecule has 1 amide bonds. The fourth-order valence-electron chi connectivity index (χ4n) is 3.95. The Hall–Kier alpha value is -2.24. The molecule has 0 saturated carbocycles. The van der Waals surface area contributed by atoms with Gasteiger partial charge < -0.3 is 19.7 Å². The average molecular weight is 388 g/mol. The molecule has 1 saturated heterocycles. The van der Waals surface area contributed by atoms with Crippen molar-refractivity contribution in [3.8, 4) is 11.5 Å². The number of benzene rings is 2. The average Bonchev–Trinajstić information content (AvgIpc) is 3.13. The number of ether oxygens (including phenoxy) is 2. The lowest BCUT2D eigenvalue weighted by atomic mass is 10.0. The maximum atomic E-state index is 12.6. The predicted octanol–water partition coefficient (Wildman–Crippen LogP) is 2.78. The predicted molar refractivity (Wildman–Crippen MR) is 105 cm³/mol. The standard InChI is InChI=1S/C21H23ClN2O3/c1-14-16(22)4-2-5-17(14)23-21(25)13-24-9-3-6-18(24)15-7-8-19-20(12-15)27-11-10-26-19/h2,4-5,7-8,12,18H,3,6,9-11,13H2,1H3,(H,23,25)/p+1/t18-/m1/s1. The molecule has 2 N–H and O–H groups in total. The van der Waals surface area contributed by atoms with Gasteiger partial charge in [0.15, 0.2) is 18.0 Å². The highest BCUT2D eigenvalue weighted by molar-refractivity contribution is 6.31. The van der Waals surface area contributed by atoms with Gasteiger partial charge in [-0.25, -0.2) is 0 Å². The van der Waals surface area contributed by atoms with E-state index in [0.29, 0.717) is 30.8 Å². The quantitative estimate of drug-likeness (QED) is 0.848. The van der Waals surface area contributed by atoms with Crippen molar-refractivity contribution < 1.29 is 19.2 Å². The number of fused-ring (bicyclic) bond motifs is 1. The molecule has 2 heterocycles. The normalized spacial score (nSPS) is 21.1. The summed E-state index contributed by atoms with van der Waals surface area (Å²) in [7, 11) is 0. The first-order valence-corrected chi connectivity index (χ1v) is 9.78. The van der Waals surface area contributed by atoms with Crippen LogP contribution in [-0.2, 0) is 4.79 Å². The lowest BCUT2D eigenvalue weighted by Gasteiger charge is -2.24. The Balaban J connectivity index is 1.45. The topological polar surface area (TPSA) is 52.0 Å². The highest BCUT2D eigenvalue weighted by Crippen LogP contribution is 2.33. The third-order valence-electron chi connectivity index (χ3n) is 5.38. The Labute approximate surface area is 164 Å². The minimum atomic E-state index is 0.0137. The molecular formula is C21H24ClN2O3+. The van der Waals surface area contributed by atoms with Crippen LogP contribution in [0.3, 0.4) is 0 Å². The summed E-state index contributed by atoms with van der Waals surface area (Å²) in [5, 5.41) is 3.67. The Morgan fingerprint density at radius 2 is 2.04 bits per heavy atom. The van der Waals surface area contributed by atoms with Crippen LogP contribution >= 0.6 is 11.6 Å². The van der Waals surface area contributed by atoms with E-state index in [4.69, 9.17) is 21.1 Å². The molecule has 2 aliphatic heterocycles. The van der Waals surface area contributed by atoms with E-state index in [1.54, 1.807) is 0 Å². The number of rotatable bonds is 4. The number of likely N-dealkylation sites (tertiary alicyclic amines) is 1. The lowest BCUT2D eigenvalue weighted by molar-refractivity contribution is -0.910. The van der Waals surface area contributed by atoms with E-state index in [0.717, 1.165) is 42.1 Å². The molecule has 4 rings (SSSR count). The van der Waals surface area contributed by atoms with Gasteiger partial charge in [0.25, 0.3) is 5.91 Å². The Kier molecular flexibility index (Phi) is 5.23. The van der Waals surface area contributed by atoms with Crippen LogP contribution in [0.2, 0.25) is 5.02 Å². The molecule has 0 spiro atoms. The zero-order valence-corrected chi connectivity index (χ0v) is 16.1. The van der Waals surface area contributed by atoms with Crippen LogP contribution in [0.25, 0.3) is 0 Å². The van der Waals surface area contributed by atoms with Gasteiger partial charge in [-0.05, 0) is 42.8 Å². The summed E-state index contributed by atoms with van der Waals surface area (Å²) in [6.45, 7) is 4.51. The number of quaternary nitrogens is 1. The number of anilines is 1. The smallest absolute Gasteiger partial charge is 0.279 e. The van der Waals surface area contributed by atoms with Crippen molar-refractivity contribution in [1.82, 2.24) is 0 Å². The summed E-state index contributed by atoms with van der Waals surface area (Å²) in [6, 6.07) is 12.0. The molecule has 2 atom stereocenters. The molecule has 0 radical (unpaired) electrons. The summed E-state index contributed by atoms with van der Waals surface area (Å²) >= 11 is 6.15. The molecule has 27 heavy (non-hydrogen) atoms. The molecule has 1 fully saturated rings. The number of nitrogens with one attached hydrogen (secondary N) is 2. The number of hydrogen-bond acceptors (Lipinski definition) is 3. The monoisotopic (exact) mass is 387 g/mol. The molecule has 142 valence electrons. The molecule has 1 unspecified atom stereocenters. The molecule has 5 nitrogen and oxygen atoms in total. The van der Waals surface area contributed by atoms with E-state index >= 15 is 0 Å². The van der Waals surface area contributed by atoms with Gasteiger partial charge in [-0.2, -0.15) is 0 Å². The Morgan fingerprint density at radius 1 is 1.22 bits per heavy atom. The van der Waals surface area contributed by atoms with Crippen LogP contribution in [0.5, 0.6) is 11.5 Å². The van der Waals surface area contributed by atoms with E-state index in [2.05, 4.69) is 17.4 Å². The Bertz CT molecular complexity index is 855. The fraction of sp³-hybridized carbons (Fsp3) is 0.381. The fourth-order valence-corrected chi connectivity index (χ4v) is 4.12. The van der Waals surface area contributed by atoms with Crippen LogP contribution in [0.4, 0.5) is 5.69 Å². The second kappa shape index (κ2) is 7.79. The van der Waals surface area contributed by atoms with Crippen LogP contribution in [0.15, 0.2) is 36.4 Å². The number of carbonyl (C=O) groups is 1. The summed E-state index contributed by atoms with van der Waals surface area (Å²) in [6.07, 6.45) is 2.18. The summed E-state index contributed by atoms with van der Waals surface area (Å²) in [4.78, 5) is 13.9. The third-order valence-corrected chi connectivity index (χ3v) is 5.79. The van der Waals surface area contributed by atoms with Crippen molar-refractivity contribution in [3.05, 3.63) is 52.5 Å². The van der Waals surface area contributed by atoms with E-state index in [1.165, 1.54) is 10.5 Å². The zero-order valence-electron chi connectivity index (χ0n) is 15.4. The Morgan fingerprint density at radius 3 is 2.89 bits per heavy atom. The number of hydrogen-bond donors (Lipinski definition) is 2. The molecule has 0 aliphatic carbocycles. The maximum absolute atomic E-state index is 12.6. The van der Waals surface area contributed by atoms with Crippen LogP contribution < -0.4 is 19.7 Å². The van der Waals surface area contributed by atoms with Gasteiger partial charge in [-0.1, -0.05) is 17.7 Å². The van der Waals surface area contributed by atoms with Crippen molar-refractivity contribution in [2.75, 3.05) is 31.6 Å². The van der Waals surface area contributed by atoms with E-state index < -0.39 is 0 Å². The molecular weight excluding hydrogens is 364 g/mol. The summed E-state index contributed by atoms with van der Waals surface area (Å²) in [5.41, 5.74) is 2.88. The minimum Gasteiger partial charge on any atom is -0.486 e. The van der Waals surface area contributed by atoms with Crippen LogP contribution in [0, 0.1) is 6.92 Å². The van der Waals surface area contributed by atoms with Gasteiger partial charge in [-0.15, -0.1) is 0 Å². The number of amides is 1. The van der Waals surface area contributed by atoms with Crippen LogP contribution in [0.1, 0.15) is 30.0 Å². The lowest BCUT2D eigenvalue weighted by Crippen LogP contribution is -3.11. The van der Waals surface area contributed by atoms with Crippen molar-refractivity contribution >= 4 is 23.2 Å². The number of halogens is 1. The highest BCUT2D eigenvalue weighted by atomic mass is 35.5. The summed E-state index contributed by atoms with van der Waals surface area (Å²) in [5.74, 6) is 1.63. The highest BCUT2D eigenvalue weighted by Gasteiger charge is 2.32. The summed E-state index contributed by atoms with van der Waals surface area (Å²) < 4.78 is 11.3.